The van der Waals surface area contributed by atoms with Gasteiger partial charge >= 0.3 is 5.97 Å². The molecule has 8 N–H and O–H groups in total. The summed E-state index contributed by atoms with van der Waals surface area (Å²) in [4.78, 5) is 53.8. The van der Waals surface area contributed by atoms with Gasteiger partial charge in [0.05, 0.1) is 21.9 Å². The fourth-order valence-corrected chi connectivity index (χ4v) is 9.32. The van der Waals surface area contributed by atoms with Crippen LogP contribution < -0.4 is 16.6 Å². The van der Waals surface area contributed by atoms with Gasteiger partial charge in [0.1, 0.15) is 36.1 Å². The quantitative estimate of drug-likeness (QED) is 0.0460. The molecule has 0 aliphatic carbocycles. The number of amides is 2. The normalized spacial score (nSPS) is 20.3. The molecule has 23 heteroatoms. The van der Waals surface area contributed by atoms with Crippen LogP contribution in [0.25, 0.3) is 0 Å². The Balaban J connectivity index is 1.12. The number of aromatic hydroxyl groups is 2. The number of β-lactam (4-membered cyclic amide) rings is 1. The Hall–Kier alpha value is -4.81. The van der Waals surface area contributed by atoms with E-state index in [1.807, 2.05) is 0 Å². The van der Waals surface area contributed by atoms with E-state index in [1.165, 1.54) is 33.9 Å². The van der Waals surface area contributed by atoms with Crippen LogP contribution in [-0.4, -0.2) is 120 Å². The molecule has 0 saturated carbocycles. The number of sulfone groups is 1. The smallest absolute Gasteiger partial charge is 0.352 e. The van der Waals surface area contributed by atoms with E-state index in [1.54, 1.807) is 24.2 Å². The van der Waals surface area contributed by atoms with Gasteiger partial charge in [0.15, 0.2) is 38.0 Å². The van der Waals surface area contributed by atoms with Crippen molar-refractivity contribution in [2.24, 2.45) is 10.1 Å². The number of oxime groups is 1. The molecule has 1 aromatic carbocycles. The number of aliphatic hydroxyl groups excluding tert-OH is 1. The van der Waals surface area contributed by atoms with E-state index < -0.39 is 68.6 Å². The second-order valence-corrected chi connectivity index (χ2v) is 16.1. The number of nitrogens with two attached hydrogens (primary N) is 1. The average molecular weight is 780 g/mol. The Kier molecular flexibility index (Phi) is 10.2. The number of hydrogen-bond acceptors (Lipinski definition) is 19. The number of fused-ring (bicyclic) bond motifs is 2. The van der Waals surface area contributed by atoms with Crippen molar-refractivity contribution in [3.05, 3.63) is 63.7 Å². The first-order valence-electron chi connectivity index (χ1n) is 14.7. The van der Waals surface area contributed by atoms with Crippen LogP contribution in [0.2, 0.25) is 0 Å². The number of carboxylic acid groups (broad SMARTS) is 1. The van der Waals surface area contributed by atoms with Crippen molar-refractivity contribution in [1.29, 1.82) is 0 Å². The van der Waals surface area contributed by atoms with Gasteiger partial charge in [-0.2, -0.15) is 0 Å². The number of thiazole rings is 1. The number of nitrogen functional groups attached to an aromatic ring is 1. The van der Waals surface area contributed by atoms with E-state index in [4.69, 9.17) is 10.6 Å². The number of nitrogens with one attached hydrogen (secondary N) is 2. The van der Waals surface area contributed by atoms with Gasteiger partial charge in [-0.05, 0) is 30.7 Å². The summed E-state index contributed by atoms with van der Waals surface area (Å²) in [5, 5.41) is 49.7. The van der Waals surface area contributed by atoms with Gasteiger partial charge in [-0.1, -0.05) is 5.16 Å². The Bertz CT molecular complexity index is 2060. The van der Waals surface area contributed by atoms with E-state index >= 15 is 0 Å². The first-order chi connectivity index (χ1) is 24.3. The molecule has 270 valence electrons. The van der Waals surface area contributed by atoms with Crippen LogP contribution in [0.15, 0.2) is 73.0 Å². The Labute approximate surface area is 301 Å². The predicted molar refractivity (Wildman–Crippen MR) is 186 cm³/mol. The number of phenols is 2. The summed E-state index contributed by atoms with van der Waals surface area (Å²) in [6, 6.07) is 1.89. The zero-order valence-electron chi connectivity index (χ0n) is 26.3. The molecule has 0 bridgehead atoms. The summed E-state index contributed by atoms with van der Waals surface area (Å²) in [7, 11) is -3.98. The number of rotatable bonds is 13. The zero-order chi connectivity index (χ0) is 36.6. The number of benzene rings is 1. The van der Waals surface area contributed by atoms with E-state index in [0.29, 0.717) is 22.1 Å². The molecular formula is C28H29N9O10S4. The number of hydrogen-bond donors (Lipinski definition) is 7. The van der Waals surface area contributed by atoms with Crippen LogP contribution in [0.3, 0.4) is 0 Å². The summed E-state index contributed by atoms with van der Waals surface area (Å²) in [5.41, 5.74) is 9.31. The number of aliphatic hydroxyl groups is 1. The first-order valence-corrected chi connectivity index (χ1v) is 19.3. The third kappa shape index (κ3) is 7.34. The maximum atomic E-state index is 13.4. The molecule has 4 aliphatic heterocycles. The number of allylic oxidation sites excluding steroid dienone is 1. The minimum atomic E-state index is -3.98. The fourth-order valence-electron chi connectivity index (χ4n) is 5.12. The third-order valence-corrected chi connectivity index (χ3v) is 12.3. The van der Waals surface area contributed by atoms with E-state index in [-0.39, 0.29) is 39.7 Å². The van der Waals surface area contributed by atoms with Crippen molar-refractivity contribution in [2.75, 3.05) is 36.3 Å². The molecule has 1 aromatic heterocycles. The predicted octanol–water partition coefficient (Wildman–Crippen LogP) is -0.0953. The molecule has 0 radical (unpaired) electrons. The second-order valence-electron chi connectivity index (χ2n) is 11.0. The van der Waals surface area contributed by atoms with Gasteiger partial charge in [0.25, 0.3) is 11.8 Å². The molecule has 1 saturated heterocycles. The van der Waals surface area contributed by atoms with Crippen molar-refractivity contribution in [2.45, 2.75) is 23.2 Å². The molecule has 19 nitrogen and oxygen atoms in total. The number of anilines is 1. The largest absolute Gasteiger partial charge is 0.504 e. The highest BCUT2D eigenvalue weighted by Crippen LogP contribution is 2.42. The number of phenolic OH excluding ortho intramolecular Hbond substituents is 2. The van der Waals surface area contributed by atoms with Crippen LogP contribution in [0.5, 0.6) is 11.5 Å². The van der Waals surface area contributed by atoms with Gasteiger partial charge in [-0.25, -0.2) is 28.2 Å². The Morgan fingerprint density at radius 2 is 2.06 bits per heavy atom. The Morgan fingerprint density at radius 1 is 1.27 bits per heavy atom. The molecule has 0 spiro atoms. The van der Waals surface area contributed by atoms with Crippen LogP contribution in [0, 0.1) is 0 Å². The second kappa shape index (κ2) is 14.4. The van der Waals surface area contributed by atoms with Crippen molar-refractivity contribution in [1.82, 2.24) is 30.8 Å². The molecular weight excluding hydrogens is 751 g/mol. The SMILES string of the molecule is CC1=NC2=CN(CO)NN2C(SCC2=C(C(=O)O)N3C(=O)[C@@H](NC(=O)/C(=N\OCCS(=O)(=O)c4ccc(O)c(O)c4)c4csc(N)n4)[C@H]3SC2)=C1. The number of nitrogens with zero attached hydrogens (tertiary/aromatic N) is 6. The average Bonchev–Trinajstić information content (AvgIpc) is 3.72. The number of carboxylic acids is 1. The monoisotopic (exact) mass is 779 g/mol. The molecule has 2 amide bonds. The Morgan fingerprint density at radius 3 is 2.75 bits per heavy atom. The minimum Gasteiger partial charge on any atom is -0.504 e. The van der Waals surface area contributed by atoms with E-state index in [2.05, 4.69) is 26.0 Å². The zero-order valence-corrected chi connectivity index (χ0v) is 29.6. The van der Waals surface area contributed by atoms with Gasteiger partial charge < -0.3 is 36.3 Å². The van der Waals surface area contributed by atoms with Crippen LogP contribution in [-0.2, 0) is 29.1 Å². The van der Waals surface area contributed by atoms with Gasteiger partial charge in [0.2, 0.25) is 0 Å². The van der Waals surface area contributed by atoms with E-state index in [9.17, 15) is 43.2 Å². The highest BCUT2D eigenvalue weighted by Gasteiger charge is 2.54. The molecule has 1 fully saturated rings. The third-order valence-electron chi connectivity index (χ3n) is 7.54. The number of aliphatic carboxylic acids is 1. The van der Waals surface area contributed by atoms with Crippen molar-refractivity contribution in [3.63, 3.8) is 0 Å². The summed E-state index contributed by atoms with van der Waals surface area (Å²) in [6.45, 7) is 0.987. The maximum absolute atomic E-state index is 13.4. The van der Waals surface area contributed by atoms with Crippen LogP contribution in [0.1, 0.15) is 12.6 Å². The molecule has 2 atom stereocenters. The number of carbonyl (C=O) groups is 3. The number of thioether (sulfide) groups is 2. The molecule has 0 unspecified atom stereocenters. The molecule has 4 aliphatic rings. The molecule has 5 heterocycles. The lowest BCUT2D eigenvalue weighted by Crippen LogP contribution is -2.71. The number of hydrazine groups is 2. The maximum Gasteiger partial charge on any atom is 0.352 e. The van der Waals surface area contributed by atoms with Crippen molar-refractivity contribution in [3.8, 4) is 11.5 Å². The highest BCUT2D eigenvalue weighted by atomic mass is 32.2. The van der Waals surface area contributed by atoms with E-state index in [0.717, 1.165) is 34.4 Å². The molecule has 2 aromatic rings. The highest BCUT2D eigenvalue weighted by molar-refractivity contribution is 8.03. The first kappa shape index (κ1) is 36.0. The number of aliphatic imine (C=N–C) groups is 1. The summed E-state index contributed by atoms with van der Waals surface area (Å²) < 4.78 is 25.3. The van der Waals surface area contributed by atoms with Gasteiger partial charge in [-0.15, -0.1) is 40.4 Å². The standard InChI is InChI=1S/C28H29N9O10S4/c1-13-6-20(37-19(30-13)8-35(12-38)34-37)48-9-14-10-49-26-22(25(42)36(26)23(14)27(43)44)32-24(41)21(16-11-50-28(29)31-16)33-47-4-5-51(45,46)15-2-3-17(39)18(40)7-15/h2-3,6-8,11,22,26,34,38-40H,4-5,9-10,12H2,1H3,(H2,29,31)(H,32,41)(H,43,44)/b33-21-/t22-,26-/m1/s1. The molecule has 6 rings (SSSR count). The lowest BCUT2D eigenvalue weighted by molar-refractivity contribution is -0.150. The number of carbonyl (C=O) groups excluding carboxylic acids is 2. The lowest BCUT2D eigenvalue weighted by Gasteiger charge is -2.49. The van der Waals surface area contributed by atoms with Gasteiger partial charge in [-0.3, -0.25) is 19.5 Å². The van der Waals surface area contributed by atoms with Gasteiger partial charge in [0, 0.05) is 28.7 Å². The summed E-state index contributed by atoms with van der Waals surface area (Å²) in [6.07, 6.45) is 3.42. The minimum absolute atomic E-state index is 0.00317. The van der Waals surface area contributed by atoms with Crippen molar-refractivity contribution >= 4 is 79.0 Å². The van der Waals surface area contributed by atoms with Crippen LogP contribution in [0.4, 0.5) is 5.13 Å². The fraction of sp³-hybridized carbons (Fsp3) is 0.286. The summed E-state index contributed by atoms with van der Waals surface area (Å²) in [5.74, 6) is -3.57. The van der Waals surface area contributed by atoms with Crippen molar-refractivity contribution < 1.29 is 48.1 Å². The summed E-state index contributed by atoms with van der Waals surface area (Å²) >= 11 is 3.59. The van der Waals surface area contributed by atoms with Crippen LogP contribution >= 0.6 is 34.9 Å². The molecule has 51 heavy (non-hydrogen) atoms. The topological polar surface area (TPSA) is 273 Å². The number of aromatic nitrogens is 1. The lowest BCUT2D eigenvalue weighted by atomic mass is 10.0.